The van der Waals surface area contributed by atoms with Crippen LogP contribution in [0.5, 0.6) is 0 Å². The van der Waals surface area contributed by atoms with Crippen molar-refractivity contribution < 1.29 is 0 Å². The first-order valence-electron chi connectivity index (χ1n) is 7.70. The van der Waals surface area contributed by atoms with E-state index in [0.29, 0.717) is 12.1 Å². The van der Waals surface area contributed by atoms with E-state index in [1.807, 2.05) is 0 Å². The van der Waals surface area contributed by atoms with Crippen LogP contribution in [-0.2, 0) is 19.5 Å². The van der Waals surface area contributed by atoms with E-state index < -0.39 is 0 Å². The SMILES string of the molecule is CCc1cc(CN2CC(CC)NCC2C)n(CC)n1. The minimum atomic E-state index is 0.605. The monoisotopic (exact) mass is 264 g/mol. The van der Waals surface area contributed by atoms with Gasteiger partial charge in [-0.15, -0.1) is 0 Å². The lowest BCUT2D eigenvalue weighted by atomic mass is 10.1. The number of aromatic nitrogens is 2. The third-order valence-corrected chi connectivity index (χ3v) is 4.21. The summed E-state index contributed by atoms with van der Waals surface area (Å²) in [6.07, 6.45) is 2.23. The van der Waals surface area contributed by atoms with Gasteiger partial charge in [0.15, 0.2) is 0 Å². The van der Waals surface area contributed by atoms with E-state index in [0.717, 1.165) is 32.6 Å². The second kappa shape index (κ2) is 6.53. The van der Waals surface area contributed by atoms with Crippen molar-refractivity contribution in [3.8, 4) is 0 Å². The molecule has 1 fully saturated rings. The van der Waals surface area contributed by atoms with Crippen LogP contribution in [0, 0.1) is 0 Å². The summed E-state index contributed by atoms with van der Waals surface area (Å²) in [7, 11) is 0. The zero-order chi connectivity index (χ0) is 13.8. The average Bonchev–Trinajstić information content (AvgIpc) is 2.83. The highest BCUT2D eigenvalue weighted by Crippen LogP contribution is 2.15. The lowest BCUT2D eigenvalue weighted by molar-refractivity contribution is 0.128. The molecular weight excluding hydrogens is 236 g/mol. The molecule has 1 saturated heterocycles. The Morgan fingerprint density at radius 2 is 2.16 bits per heavy atom. The molecule has 0 aromatic carbocycles. The molecule has 2 heterocycles. The van der Waals surface area contributed by atoms with Gasteiger partial charge in [-0.3, -0.25) is 9.58 Å². The molecule has 1 aliphatic heterocycles. The first kappa shape index (κ1) is 14.5. The van der Waals surface area contributed by atoms with Crippen molar-refractivity contribution in [2.75, 3.05) is 13.1 Å². The number of hydrogen-bond acceptors (Lipinski definition) is 3. The molecule has 1 N–H and O–H groups in total. The van der Waals surface area contributed by atoms with Crippen molar-refractivity contribution in [1.82, 2.24) is 20.0 Å². The molecule has 2 rings (SSSR count). The molecule has 0 radical (unpaired) electrons. The first-order valence-corrected chi connectivity index (χ1v) is 7.70. The molecule has 0 saturated carbocycles. The Bertz CT molecular complexity index is 399. The molecule has 4 nitrogen and oxygen atoms in total. The Balaban J connectivity index is 2.08. The fraction of sp³-hybridized carbons (Fsp3) is 0.800. The van der Waals surface area contributed by atoms with Crippen molar-refractivity contribution in [3.05, 3.63) is 17.5 Å². The number of hydrogen-bond donors (Lipinski definition) is 1. The summed E-state index contributed by atoms with van der Waals surface area (Å²) in [5, 5.41) is 8.27. The topological polar surface area (TPSA) is 33.1 Å². The largest absolute Gasteiger partial charge is 0.311 e. The van der Waals surface area contributed by atoms with E-state index in [1.165, 1.54) is 17.8 Å². The Morgan fingerprint density at radius 3 is 2.79 bits per heavy atom. The van der Waals surface area contributed by atoms with Crippen LogP contribution in [0.3, 0.4) is 0 Å². The van der Waals surface area contributed by atoms with E-state index in [9.17, 15) is 0 Å². The zero-order valence-electron chi connectivity index (χ0n) is 12.8. The molecule has 0 amide bonds. The van der Waals surface area contributed by atoms with Crippen LogP contribution in [0.25, 0.3) is 0 Å². The highest BCUT2D eigenvalue weighted by atomic mass is 15.3. The van der Waals surface area contributed by atoms with Crippen molar-refractivity contribution >= 4 is 0 Å². The van der Waals surface area contributed by atoms with Gasteiger partial charge in [0.2, 0.25) is 0 Å². The van der Waals surface area contributed by atoms with E-state index in [1.54, 1.807) is 0 Å². The van der Waals surface area contributed by atoms with Crippen LogP contribution >= 0.6 is 0 Å². The van der Waals surface area contributed by atoms with Crippen LogP contribution in [0.15, 0.2) is 6.07 Å². The normalized spacial score (nSPS) is 24.8. The number of nitrogens with one attached hydrogen (secondary N) is 1. The number of rotatable bonds is 5. The summed E-state index contributed by atoms with van der Waals surface area (Å²) in [4.78, 5) is 2.59. The summed E-state index contributed by atoms with van der Waals surface area (Å²) < 4.78 is 2.16. The molecule has 0 spiro atoms. The van der Waals surface area contributed by atoms with Crippen molar-refractivity contribution in [1.29, 1.82) is 0 Å². The van der Waals surface area contributed by atoms with Gasteiger partial charge in [0.05, 0.1) is 11.4 Å². The third-order valence-electron chi connectivity index (χ3n) is 4.21. The van der Waals surface area contributed by atoms with Gasteiger partial charge in [0.25, 0.3) is 0 Å². The Morgan fingerprint density at radius 1 is 1.37 bits per heavy atom. The maximum Gasteiger partial charge on any atom is 0.0625 e. The van der Waals surface area contributed by atoms with E-state index >= 15 is 0 Å². The molecule has 1 aromatic rings. The zero-order valence-corrected chi connectivity index (χ0v) is 12.8. The maximum atomic E-state index is 4.65. The second-order valence-electron chi connectivity index (χ2n) is 5.59. The van der Waals surface area contributed by atoms with Crippen molar-refractivity contribution in [2.45, 2.75) is 65.7 Å². The molecule has 108 valence electrons. The van der Waals surface area contributed by atoms with Gasteiger partial charge in [0.1, 0.15) is 0 Å². The number of aryl methyl sites for hydroxylation is 2. The highest BCUT2D eigenvalue weighted by Gasteiger charge is 2.24. The fourth-order valence-electron chi connectivity index (χ4n) is 2.78. The number of piperazine rings is 1. The van der Waals surface area contributed by atoms with Crippen LogP contribution in [-0.4, -0.2) is 39.9 Å². The van der Waals surface area contributed by atoms with Crippen molar-refractivity contribution in [3.63, 3.8) is 0 Å². The minimum Gasteiger partial charge on any atom is -0.311 e. The van der Waals surface area contributed by atoms with Gasteiger partial charge in [-0.05, 0) is 32.8 Å². The lowest BCUT2D eigenvalue weighted by Gasteiger charge is -2.38. The summed E-state index contributed by atoms with van der Waals surface area (Å²) in [5.41, 5.74) is 2.58. The van der Waals surface area contributed by atoms with Gasteiger partial charge < -0.3 is 5.32 Å². The van der Waals surface area contributed by atoms with Crippen molar-refractivity contribution in [2.24, 2.45) is 0 Å². The molecule has 0 aliphatic carbocycles. The van der Waals surface area contributed by atoms with Gasteiger partial charge in [-0.2, -0.15) is 5.10 Å². The second-order valence-corrected chi connectivity index (χ2v) is 5.59. The van der Waals surface area contributed by atoms with Crippen LogP contribution < -0.4 is 5.32 Å². The van der Waals surface area contributed by atoms with Gasteiger partial charge in [0, 0.05) is 38.3 Å². The molecule has 1 aliphatic rings. The van der Waals surface area contributed by atoms with E-state index in [4.69, 9.17) is 0 Å². The van der Waals surface area contributed by atoms with Gasteiger partial charge in [-0.1, -0.05) is 13.8 Å². The predicted molar refractivity (Wildman–Crippen MR) is 79.2 cm³/mol. The minimum absolute atomic E-state index is 0.605. The summed E-state index contributed by atoms with van der Waals surface area (Å²) in [6.45, 7) is 13.2. The van der Waals surface area contributed by atoms with Crippen LogP contribution in [0.4, 0.5) is 0 Å². The molecular formula is C15H28N4. The summed E-state index contributed by atoms with van der Waals surface area (Å²) >= 11 is 0. The maximum absolute atomic E-state index is 4.65. The third kappa shape index (κ3) is 3.37. The Hall–Kier alpha value is -0.870. The predicted octanol–water partition coefficient (Wildman–Crippen LogP) is 2.04. The van der Waals surface area contributed by atoms with Gasteiger partial charge in [-0.25, -0.2) is 0 Å². The lowest BCUT2D eigenvalue weighted by Crippen LogP contribution is -2.54. The number of nitrogens with zero attached hydrogens (tertiary/aromatic N) is 3. The van der Waals surface area contributed by atoms with Gasteiger partial charge >= 0.3 is 0 Å². The average molecular weight is 264 g/mol. The molecule has 1 aromatic heterocycles. The Kier molecular flexibility index (Phi) is 4.99. The van der Waals surface area contributed by atoms with E-state index in [2.05, 4.69) is 53.8 Å². The van der Waals surface area contributed by atoms with Crippen LogP contribution in [0.2, 0.25) is 0 Å². The quantitative estimate of drug-likeness (QED) is 0.883. The van der Waals surface area contributed by atoms with E-state index in [-0.39, 0.29) is 0 Å². The smallest absolute Gasteiger partial charge is 0.0625 e. The van der Waals surface area contributed by atoms with Crippen LogP contribution in [0.1, 0.15) is 45.5 Å². The summed E-state index contributed by atoms with van der Waals surface area (Å²) in [5.74, 6) is 0. The fourth-order valence-corrected chi connectivity index (χ4v) is 2.78. The molecule has 2 atom stereocenters. The molecule has 2 unspecified atom stereocenters. The standard InChI is InChI=1S/C15H28N4/c1-5-13-8-15(19(7-3)17-13)11-18-10-14(6-2)16-9-12(18)4/h8,12,14,16H,5-7,9-11H2,1-4H3. The molecule has 19 heavy (non-hydrogen) atoms. The highest BCUT2D eigenvalue weighted by molar-refractivity contribution is 5.11. The summed E-state index contributed by atoms with van der Waals surface area (Å²) in [6, 6.07) is 3.52. The molecule has 0 bridgehead atoms. The molecule has 4 heteroatoms. The Labute approximate surface area is 117 Å². The first-order chi connectivity index (χ1) is 9.17.